The fourth-order valence-corrected chi connectivity index (χ4v) is 2.62. The predicted molar refractivity (Wildman–Crippen MR) is 70.4 cm³/mol. The summed E-state index contributed by atoms with van der Waals surface area (Å²) >= 11 is 1.94. The summed E-state index contributed by atoms with van der Waals surface area (Å²) in [5.41, 5.74) is 7.86. The minimum Gasteiger partial charge on any atom is -0.399 e. The Morgan fingerprint density at radius 1 is 1.40 bits per heavy atom. The fraction of sp³-hybridized carbons (Fsp3) is 0.538. The molecule has 0 aromatic heterocycles. The van der Waals surface area contributed by atoms with E-state index in [4.69, 9.17) is 5.73 Å². The van der Waals surface area contributed by atoms with Gasteiger partial charge in [0.25, 0.3) is 0 Å². The summed E-state index contributed by atoms with van der Waals surface area (Å²) in [5, 5.41) is 0. The van der Waals surface area contributed by atoms with E-state index in [1.165, 1.54) is 29.1 Å². The molecule has 0 aliphatic carbocycles. The van der Waals surface area contributed by atoms with Crippen LogP contribution in [0.5, 0.6) is 0 Å². The molecule has 0 radical (unpaired) electrons. The van der Waals surface area contributed by atoms with Crippen LogP contribution in [0.3, 0.4) is 0 Å². The Hall–Kier alpha value is -0.630. The van der Waals surface area contributed by atoms with Gasteiger partial charge in [0.2, 0.25) is 0 Å². The second kappa shape index (κ2) is 6.06. The first kappa shape index (κ1) is 12.4. The molecule has 0 amide bonds. The molecule has 15 heavy (non-hydrogen) atoms. The first-order chi connectivity index (χ1) is 7.13. The van der Waals surface area contributed by atoms with Crippen LogP contribution in [0.15, 0.2) is 23.1 Å². The van der Waals surface area contributed by atoms with E-state index in [-0.39, 0.29) is 0 Å². The molecule has 1 rings (SSSR count). The molecule has 2 heteroatoms. The van der Waals surface area contributed by atoms with Crippen LogP contribution in [-0.2, 0) is 0 Å². The van der Waals surface area contributed by atoms with Gasteiger partial charge in [0.1, 0.15) is 0 Å². The molecule has 0 fully saturated rings. The molecule has 0 aliphatic heterocycles. The average molecular weight is 223 g/mol. The molecule has 1 unspecified atom stereocenters. The quantitative estimate of drug-likeness (QED) is 0.600. The van der Waals surface area contributed by atoms with Crippen molar-refractivity contribution in [2.75, 3.05) is 11.5 Å². The van der Waals surface area contributed by atoms with E-state index in [0.29, 0.717) is 0 Å². The molecule has 1 aromatic carbocycles. The van der Waals surface area contributed by atoms with Crippen molar-refractivity contribution in [1.82, 2.24) is 0 Å². The number of rotatable bonds is 5. The molecule has 2 N–H and O–H groups in total. The fourth-order valence-electron chi connectivity index (χ4n) is 1.55. The highest BCUT2D eigenvalue weighted by Gasteiger charge is 2.03. The second-order valence-electron chi connectivity index (χ2n) is 4.22. The zero-order chi connectivity index (χ0) is 11.3. The third-order valence-electron chi connectivity index (χ3n) is 2.56. The summed E-state index contributed by atoms with van der Waals surface area (Å²) < 4.78 is 0. The van der Waals surface area contributed by atoms with Gasteiger partial charge in [-0.05, 0) is 36.6 Å². The topological polar surface area (TPSA) is 26.0 Å². The summed E-state index contributed by atoms with van der Waals surface area (Å²) in [7, 11) is 0. The molecule has 84 valence electrons. The molecular weight excluding hydrogens is 202 g/mol. The van der Waals surface area contributed by atoms with E-state index in [9.17, 15) is 0 Å². The Balaban J connectivity index is 2.47. The van der Waals surface area contributed by atoms with E-state index in [2.05, 4.69) is 32.9 Å². The van der Waals surface area contributed by atoms with Gasteiger partial charge in [-0.15, -0.1) is 11.8 Å². The van der Waals surface area contributed by atoms with Crippen molar-refractivity contribution >= 4 is 17.4 Å². The van der Waals surface area contributed by atoms with Crippen LogP contribution < -0.4 is 5.73 Å². The highest BCUT2D eigenvalue weighted by Crippen LogP contribution is 2.25. The van der Waals surface area contributed by atoms with Gasteiger partial charge >= 0.3 is 0 Å². The number of benzene rings is 1. The summed E-state index contributed by atoms with van der Waals surface area (Å²) in [4.78, 5) is 1.34. The number of hydrogen-bond donors (Lipinski definition) is 1. The zero-order valence-corrected chi connectivity index (χ0v) is 10.7. The lowest BCUT2D eigenvalue weighted by molar-refractivity contribution is 0.585. The monoisotopic (exact) mass is 223 g/mol. The van der Waals surface area contributed by atoms with Gasteiger partial charge in [-0.3, -0.25) is 0 Å². The van der Waals surface area contributed by atoms with Gasteiger partial charge in [-0.2, -0.15) is 0 Å². The van der Waals surface area contributed by atoms with Crippen molar-refractivity contribution in [3.63, 3.8) is 0 Å². The summed E-state index contributed by atoms with van der Waals surface area (Å²) in [5.74, 6) is 2.01. The smallest absolute Gasteiger partial charge is 0.0344 e. The third-order valence-corrected chi connectivity index (χ3v) is 3.88. The van der Waals surface area contributed by atoms with Gasteiger partial charge in [0.05, 0.1) is 0 Å². The Kier molecular flexibility index (Phi) is 5.03. The van der Waals surface area contributed by atoms with E-state index in [0.717, 1.165) is 11.6 Å². The second-order valence-corrected chi connectivity index (χ2v) is 5.32. The zero-order valence-electron chi connectivity index (χ0n) is 9.92. The van der Waals surface area contributed by atoms with Crippen molar-refractivity contribution in [3.05, 3.63) is 23.8 Å². The van der Waals surface area contributed by atoms with E-state index in [1.54, 1.807) is 0 Å². The minimum atomic E-state index is 0.804. The van der Waals surface area contributed by atoms with E-state index in [1.807, 2.05) is 17.8 Å². The number of thioether (sulfide) groups is 1. The normalized spacial score (nSPS) is 12.7. The largest absolute Gasteiger partial charge is 0.399 e. The van der Waals surface area contributed by atoms with Crippen molar-refractivity contribution < 1.29 is 0 Å². The van der Waals surface area contributed by atoms with Crippen molar-refractivity contribution in [2.45, 2.75) is 38.5 Å². The summed E-state index contributed by atoms with van der Waals surface area (Å²) in [6, 6.07) is 6.30. The Bertz CT molecular complexity index is 309. The molecule has 0 bridgehead atoms. The lowest BCUT2D eigenvalue weighted by Crippen LogP contribution is -1.97. The van der Waals surface area contributed by atoms with Gasteiger partial charge in [0, 0.05) is 16.3 Å². The maximum atomic E-state index is 5.78. The minimum absolute atomic E-state index is 0.804. The predicted octanol–water partition coefficient (Wildman–Crippen LogP) is 4.11. The van der Waals surface area contributed by atoms with Crippen molar-refractivity contribution in [1.29, 1.82) is 0 Å². The van der Waals surface area contributed by atoms with Crippen LogP contribution >= 0.6 is 11.8 Å². The van der Waals surface area contributed by atoms with Crippen LogP contribution in [0.2, 0.25) is 0 Å². The van der Waals surface area contributed by atoms with Crippen LogP contribution in [0.1, 0.15) is 32.3 Å². The number of nitrogen functional groups attached to an aromatic ring is 1. The van der Waals surface area contributed by atoms with Gasteiger partial charge in [-0.1, -0.05) is 26.7 Å². The molecular formula is C13H21NS. The molecule has 1 atom stereocenters. The number of aryl methyl sites for hydroxylation is 1. The van der Waals surface area contributed by atoms with Crippen molar-refractivity contribution in [3.8, 4) is 0 Å². The summed E-state index contributed by atoms with van der Waals surface area (Å²) in [6.45, 7) is 6.63. The van der Waals surface area contributed by atoms with Crippen LogP contribution in [-0.4, -0.2) is 5.75 Å². The molecule has 1 aromatic rings. The number of anilines is 1. The van der Waals surface area contributed by atoms with Crippen LogP contribution in [0, 0.1) is 12.8 Å². The molecule has 0 saturated carbocycles. The first-order valence-corrected chi connectivity index (χ1v) is 6.61. The Labute approximate surface area is 97.4 Å². The lowest BCUT2D eigenvalue weighted by Gasteiger charge is -2.10. The van der Waals surface area contributed by atoms with Crippen molar-refractivity contribution in [2.24, 2.45) is 5.92 Å². The Morgan fingerprint density at radius 2 is 2.13 bits per heavy atom. The molecule has 0 spiro atoms. The van der Waals surface area contributed by atoms with Gasteiger partial charge < -0.3 is 5.73 Å². The lowest BCUT2D eigenvalue weighted by atomic mass is 10.1. The Morgan fingerprint density at radius 3 is 2.73 bits per heavy atom. The number of nitrogens with two attached hydrogens (primary N) is 1. The average Bonchev–Trinajstić information content (AvgIpc) is 2.20. The maximum Gasteiger partial charge on any atom is 0.0344 e. The van der Waals surface area contributed by atoms with Crippen LogP contribution in [0.25, 0.3) is 0 Å². The van der Waals surface area contributed by atoms with Crippen LogP contribution in [0.4, 0.5) is 5.69 Å². The highest BCUT2D eigenvalue weighted by atomic mass is 32.2. The van der Waals surface area contributed by atoms with E-state index >= 15 is 0 Å². The van der Waals surface area contributed by atoms with Gasteiger partial charge in [-0.25, -0.2) is 0 Å². The summed E-state index contributed by atoms with van der Waals surface area (Å²) in [6.07, 6.45) is 2.60. The first-order valence-electron chi connectivity index (χ1n) is 5.62. The van der Waals surface area contributed by atoms with E-state index < -0.39 is 0 Å². The molecule has 0 heterocycles. The third kappa shape index (κ3) is 4.17. The molecule has 0 aliphatic rings. The SMILES string of the molecule is CCCC(C)CSc1ccc(N)c(C)c1. The van der Waals surface area contributed by atoms with Gasteiger partial charge in [0.15, 0.2) is 0 Å². The molecule has 0 saturated heterocycles. The standard InChI is InChI=1S/C13H21NS/c1-4-5-10(2)9-15-12-6-7-13(14)11(3)8-12/h6-8,10H,4-5,9,14H2,1-3H3. The molecule has 1 nitrogen and oxygen atoms in total. The maximum absolute atomic E-state index is 5.78. The number of hydrogen-bond acceptors (Lipinski definition) is 2. The highest BCUT2D eigenvalue weighted by molar-refractivity contribution is 7.99.